The highest BCUT2D eigenvalue weighted by molar-refractivity contribution is 5.66. The van der Waals surface area contributed by atoms with Gasteiger partial charge in [-0.15, -0.1) is 0 Å². The summed E-state index contributed by atoms with van der Waals surface area (Å²) in [7, 11) is 0. The smallest absolute Gasteiger partial charge is 0.269 e. The Morgan fingerprint density at radius 2 is 1.84 bits per heavy atom. The highest BCUT2D eigenvalue weighted by Crippen LogP contribution is 2.21. The number of nitro groups is 1. The quantitative estimate of drug-likeness (QED) is 0.480. The third-order valence-corrected chi connectivity index (χ3v) is 4.30. The average Bonchev–Trinajstić information content (AvgIpc) is 2.67. The summed E-state index contributed by atoms with van der Waals surface area (Å²) in [5, 5.41) is 10.6. The van der Waals surface area contributed by atoms with Gasteiger partial charge in [-0.1, -0.05) is 48.2 Å². The van der Waals surface area contributed by atoms with Crippen LogP contribution >= 0.6 is 0 Å². The van der Waals surface area contributed by atoms with E-state index in [2.05, 4.69) is 47.1 Å². The Balaban J connectivity index is 1.48. The van der Waals surface area contributed by atoms with Crippen LogP contribution in [-0.2, 0) is 0 Å². The summed E-state index contributed by atoms with van der Waals surface area (Å²) >= 11 is 0. The fraction of sp³-hybridized carbons (Fsp3) is 0.238. The van der Waals surface area contributed by atoms with Crippen LogP contribution in [0.5, 0.6) is 0 Å². The molecule has 2 aromatic rings. The topological polar surface area (TPSA) is 46.4 Å². The number of non-ortho nitro benzene ring substituents is 1. The largest absolute Gasteiger partial charge is 0.298 e. The number of benzene rings is 2. The van der Waals surface area contributed by atoms with E-state index < -0.39 is 4.92 Å². The Morgan fingerprint density at radius 1 is 1.08 bits per heavy atom. The maximum Gasteiger partial charge on any atom is 0.269 e. The summed E-state index contributed by atoms with van der Waals surface area (Å²) in [6, 6.07) is 16.9. The minimum Gasteiger partial charge on any atom is -0.298 e. The van der Waals surface area contributed by atoms with E-state index in [1.54, 1.807) is 12.1 Å². The van der Waals surface area contributed by atoms with Crippen LogP contribution in [0.15, 0.2) is 60.7 Å². The number of rotatable bonds is 4. The summed E-state index contributed by atoms with van der Waals surface area (Å²) in [6.45, 7) is 2.96. The van der Waals surface area contributed by atoms with Crippen LogP contribution in [-0.4, -0.2) is 29.5 Å². The molecule has 0 amide bonds. The first-order chi connectivity index (χ1) is 12.2. The molecule has 25 heavy (non-hydrogen) atoms. The second-order valence-corrected chi connectivity index (χ2v) is 6.00. The molecule has 0 aromatic heterocycles. The van der Waals surface area contributed by atoms with E-state index in [1.807, 2.05) is 6.07 Å². The SMILES string of the molecule is O=[N+]([O-])c1ccc(C#CCCN2CC=C(c3ccccc3)CC2)cc1. The number of hydrogen-bond donors (Lipinski definition) is 0. The van der Waals surface area contributed by atoms with Crippen molar-refractivity contribution in [2.45, 2.75) is 12.8 Å². The molecular weight excluding hydrogens is 312 g/mol. The summed E-state index contributed by atoms with van der Waals surface area (Å²) in [5.41, 5.74) is 3.66. The van der Waals surface area contributed by atoms with Gasteiger partial charge >= 0.3 is 0 Å². The van der Waals surface area contributed by atoms with E-state index in [4.69, 9.17) is 0 Å². The van der Waals surface area contributed by atoms with Crippen LogP contribution in [0, 0.1) is 22.0 Å². The molecular formula is C21H20N2O2. The van der Waals surface area contributed by atoms with Gasteiger partial charge in [0.25, 0.3) is 5.69 Å². The average molecular weight is 332 g/mol. The van der Waals surface area contributed by atoms with Crippen molar-refractivity contribution in [3.8, 4) is 11.8 Å². The summed E-state index contributed by atoms with van der Waals surface area (Å²) in [4.78, 5) is 12.6. The Bertz CT molecular complexity index is 814. The van der Waals surface area contributed by atoms with E-state index in [-0.39, 0.29) is 5.69 Å². The Hall–Kier alpha value is -2.90. The zero-order chi connectivity index (χ0) is 17.5. The molecule has 3 rings (SSSR count). The molecule has 0 N–H and O–H groups in total. The number of hydrogen-bond acceptors (Lipinski definition) is 3. The zero-order valence-electron chi connectivity index (χ0n) is 14.0. The molecule has 4 nitrogen and oxygen atoms in total. The van der Waals surface area contributed by atoms with Gasteiger partial charge in [0.1, 0.15) is 0 Å². The molecule has 0 radical (unpaired) electrons. The van der Waals surface area contributed by atoms with Crippen LogP contribution in [0.4, 0.5) is 5.69 Å². The minimum absolute atomic E-state index is 0.0971. The van der Waals surface area contributed by atoms with Crippen molar-refractivity contribution in [3.63, 3.8) is 0 Å². The molecule has 0 atom stereocenters. The predicted octanol–water partition coefficient (Wildman–Crippen LogP) is 4.13. The maximum atomic E-state index is 10.6. The summed E-state index contributed by atoms with van der Waals surface area (Å²) < 4.78 is 0. The molecule has 0 fully saturated rings. The first-order valence-corrected chi connectivity index (χ1v) is 8.42. The fourth-order valence-electron chi connectivity index (χ4n) is 2.87. The standard InChI is InChI=1S/C21H20N2O2/c24-23(25)21-11-9-18(10-12-21)6-4-5-15-22-16-13-20(14-17-22)19-7-2-1-3-8-19/h1-3,7-13H,5,14-17H2. The third-order valence-electron chi connectivity index (χ3n) is 4.30. The van der Waals surface area contributed by atoms with Gasteiger partial charge in [-0.25, -0.2) is 0 Å². The number of nitrogens with zero attached hydrogens (tertiary/aromatic N) is 2. The van der Waals surface area contributed by atoms with E-state index >= 15 is 0 Å². The van der Waals surface area contributed by atoms with E-state index in [0.29, 0.717) is 0 Å². The van der Waals surface area contributed by atoms with Crippen molar-refractivity contribution < 1.29 is 4.92 Å². The van der Waals surface area contributed by atoms with Gasteiger partial charge in [-0.05, 0) is 29.7 Å². The van der Waals surface area contributed by atoms with E-state index in [1.165, 1.54) is 23.3 Å². The lowest BCUT2D eigenvalue weighted by molar-refractivity contribution is -0.384. The lowest BCUT2D eigenvalue weighted by Crippen LogP contribution is -2.29. The Kier molecular flexibility index (Phi) is 5.61. The van der Waals surface area contributed by atoms with Gasteiger partial charge in [0, 0.05) is 43.8 Å². The molecule has 0 saturated carbocycles. The molecule has 2 aromatic carbocycles. The van der Waals surface area contributed by atoms with Crippen molar-refractivity contribution in [2.75, 3.05) is 19.6 Å². The normalized spacial score (nSPS) is 14.3. The highest BCUT2D eigenvalue weighted by Gasteiger charge is 2.11. The van der Waals surface area contributed by atoms with E-state index in [0.717, 1.165) is 38.0 Å². The lowest BCUT2D eigenvalue weighted by atomic mass is 9.99. The third kappa shape index (κ3) is 4.79. The monoisotopic (exact) mass is 332 g/mol. The lowest BCUT2D eigenvalue weighted by Gasteiger charge is -2.25. The second-order valence-electron chi connectivity index (χ2n) is 6.00. The molecule has 0 spiro atoms. The van der Waals surface area contributed by atoms with Gasteiger partial charge in [0.05, 0.1) is 4.92 Å². The van der Waals surface area contributed by atoms with Crippen molar-refractivity contribution in [3.05, 3.63) is 81.9 Å². The molecule has 0 unspecified atom stereocenters. The predicted molar refractivity (Wildman–Crippen MR) is 100 cm³/mol. The van der Waals surface area contributed by atoms with Crippen molar-refractivity contribution in [2.24, 2.45) is 0 Å². The van der Waals surface area contributed by atoms with Crippen LogP contribution in [0.3, 0.4) is 0 Å². The zero-order valence-corrected chi connectivity index (χ0v) is 14.0. The molecule has 1 aliphatic heterocycles. The fourth-order valence-corrected chi connectivity index (χ4v) is 2.87. The van der Waals surface area contributed by atoms with Crippen LogP contribution in [0.2, 0.25) is 0 Å². The molecule has 0 aliphatic carbocycles. The van der Waals surface area contributed by atoms with Gasteiger partial charge in [0.15, 0.2) is 0 Å². The molecule has 126 valence electrons. The van der Waals surface area contributed by atoms with E-state index in [9.17, 15) is 10.1 Å². The van der Waals surface area contributed by atoms with Gasteiger partial charge in [0.2, 0.25) is 0 Å². The van der Waals surface area contributed by atoms with Gasteiger partial charge in [-0.3, -0.25) is 15.0 Å². The molecule has 0 saturated heterocycles. The van der Waals surface area contributed by atoms with Crippen molar-refractivity contribution in [1.82, 2.24) is 4.90 Å². The summed E-state index contributed by atoms with van der Waals surface area (Å²) in [6.07, 6.45) is 4.17. The van der Waals surface area contributed by atoms with Gasteiger partial charge in [-0.2, -0.15) is 0 Å². The molecule has 1 aliphatic rings. The van der Waals surface area contributed by atoms with Crippen LogP contribution in [0.25, 0.3) is 5.57 Å². The molecule has 1 heterocycles. The van der Waals surface area contributed by atoms with Crippen LogP contribution < -0.4 is 0 Å². The van der Waals surface area contributed by atoms with Gasteiger partial charge < -0.3 is 0 Å². The maximum absolute atomic E-state index is 10.6. The highest BCUT2D eigenvalue weighted by atomic mass is 16.6. The first-order valence-electron chi connectivity index (χ1n) is 8.42. The summed E-state index contributed by atoms with van der Waals surface area (Å²) in [5.74, 6) is 6.23. The molecule has 4 heteroatoms. The van der Waals surface area contributed by atoms with Crippen LogP contribution in [0.1, 0.15) is 24.0 Å². The minimum atomic E-state index is -0.398. The second kappa shape index (κ2) is 8.27. The Morgan fingerprint density at radius 3 is 2.48 bits per heavy atom. The van der Waals surface area contributed by atoms with Crippen molar-refractivity contribution >= 4 is 11.3 Å². The van der Waals surface area contributed by atoms with Crippen molar-refractivity contribution in [1.29, 1.82) is 0 Å². The Labute approximate surface area is 147 Å². The number of nitro benzene ring substituents is 1. The molecule has 0 bridgehead atoms. The first kappa shape index (κ1) is 16.9.